The summed E-state index contributed by atoms with van der Waals surface area (Å²) in [4.78, 5) is 2.14. The number of ether oxygens (including phenoxy) is 1. The lowest BCUT2D eigenvalue weighted by Gasteiger charge is -2.35. The Labute approximate surface area is 143 Å². The van der Waals surface area contributed by atoms with Gasteiger partial charge in [0.2, 0.25) is 0 Å². The largest absolute Gasteiger partial charge is 0.370 e. The van der Waals surface area contributed by atoms with Crippen LogP contribution in [0.2, 0.25) is 5.02 Å². The van der Waals surface area contributed by atoms with Crippen molar-refractivity contribution in [3.63, 3.8) is 0 Å². The molecular formula is C17H14BrClN2O. The topological polar surface area (TPSA) is 36.3 Å². The van der Waals surface area contributed by atoms with Gasteiger partial charge in [-0.3, -0.25) is 0 Å². The van der Waals surface area contributed by atoms with Crippen LogP contribution in [-0.4, -0.2) is 19.7 Å². The first-order valence-electron chi connectivity index (χ1n) is 6.99. The summed E-state index contributed by atoms with van der Waals surface area (Å²) in [5.74, 6) is 0. The molecule has 2 aromatic carbocycles. The van der Waals surface area contributed by atoms with E-state index in [4.69, 9.17) is 16.3 Å². The fourth-order valence-electron chi connectivity index (χ4n) is 2.66. The van der Waals surface area contributed by atoms with Crippen molar-refractivity contribution in [1.82, 2.24) is 0 Å². The number of nitriles is 1. The van der Waals surface area contributed by atoms with Gasteiger partial charge >= 0.3 is 0 Å². The predicted molar refractivity (Wildman–Crippen MR) is 91.2 cm³/mol. The first kappa shape index (κ1) is 15.4. The Kier molecular flexibility index (Phi) is 4.68. The number of hydrogen-bond acceptors (Lipinski definition) is 3. The molecule has 1 saturated heterocycles. The van der Waals surface area contributed by atoms with Crippen LogP contribution < -0.4 is 4.90 Å². The average Bonchev–Trinajstić information content (AvgIpc) is 2.55. The van der Waals surface area contributed by atoms with Crippen molar-refractivity contribution in [3.8, 4) is 6.07 Å². The molecule has 0 aromatic heterocycles. The second kappa shape index (κ2) is 6.70. The molecule has 1 fully saturated rings. The summed E-state index contributed by atoms with van der Waals surface area (Å²) in [6.45, 7) is 2.02. The zero-order valence-corrected chi connectivity index (χ0v) is 14.1. The molecule has 1 unspecified atom stereocenters. The molecule has 0 radical (unpaired) electrons. The highest BCUT2D eigenvalue weighted by molar-refractivity contribution is 9.10. The minimum atomic E-state index is -0.0235. The molecule has 1 aliphatic rings. The molecule has 22 heavy (non-hydrogen) atoms. The molecule has 0 aliphatic carbocycles. The minimum absolute atomic E-state index is 0.0235. The number of hydrogen-bond donors (Lipinski definition) is 0. The lowest BCUT2D eigenvalue weighted by atomic mass is 10.1. The zero-order chi connectivity index (χ0) is 15.5. The SMILES string of the molecule is N#Cc1cccc(Cl)c1N1CCOC(c2ccc(Br)cc2)C1. The fourth-order valence-corrected chi connectivity index (χ4v) is 3.22. The highest BCUT2D eigenvalue weighted by atomic mass is 79.9. The lowest BCUT2D eigenvalue weighted by Crippen LogP contribution is -2.39. The van der Waals surface area contributed by atoms with E-state index in [1.54, 1.807) is 12.1 Å². The van der Waals surface area contributed by atoms with Crippen LogP contribution in [0, 0.1) is 11.3 Å². The van der Waals surface area contributed by atoms with Gasteiger partial charge in [-0.05, 0) is 29.8 Å². The molecule has 0 saturated carbocycles. The van der Waals surface area contributed by atoms with Crippen molar-refractivity contribution in [3.05, 3.63) is 63.1 Å². The second-order valence-electron chi connectivity index (χ2n) is 5.10. The molecule has 112 valence electrons. The van der Waals surface area contributed by atoms with Gasteiger partial charge in [0.15, 0.2) is 0 Å². The number of benzene rings is 2. The van der Waals surface area contributed by atoms with Gasteiger partial charge in [-0.15, -0.1) is 0 Å². The highest BCUT2D eigenvalue weighted by Gasteiger charge is 2.25. The number of nitrogens with zero attached hydrogens (tertiary/aromatic N) is 2. The summed E-state index contributed by atoms with van der Waals surface area (Å²) in [6.07, 6.45) is -0.0235. The number of para-hydroxylation sites is 1. The van der Waals surface area contributed by atoms with Gasteiger partial charge in [0.25, 0.3) is 0 Å². The first-order valence-corrected chi connectivity index (χ1v) is 8.17. The average molecular weight is 378 g/mol. The van der Waals surface area contributed by atoms with Crippen LogP contribution in [0.5, 0.6) is 0 Å². The van der Waals surface area contributed by atoms with Crippen LogP contribution in [0.25, 0.3) is 0 Å². The van der Waals surface area contributed by atoms with Crippen molar-refractivity contribution in [2.24, 2.45) is 0 Å². The minimum Gasteiger partial charge on any atom is -0.370 e. The standard InChI is InChI=1S/C17H14BrClN2O/c18-14-6-4-12(5-7-14)16-11-21(8-9-22-16)17-13(10-20)2-1-3-15(17)19/h1-7,16H,8-9,11H2. The van der Waals surface area contributed by atoms with Crippen LogP contribution in [0.1, 0.15) is 17.2 Å². The molecule has 1 heterocycles. The maximum atomic E-state index is 9.32. The summed E-state index contributed by atoms with van der Waals surface area (Å²) in [6, 6.07) is 15.8. The van der Waals surface area contributed by atoms with E-state index in [1.807, 2.05) is 18.2 Å². The van der Waals surface area contributed by atoms with Crippen LogP contribution in [0.3, 0.4) is 0 Å². The number of anilines is 1. The number of morpholine rings is 1. The third-order valence-corrected chi connectivity index (χ3v) is 4.57. The normalized spacial score (nSPS) is 18.0. The molecular weight excluding hydrogens is 364 g/mol. The van der Waals surface area contributed by atoms with E-state index in [-0.39, 0.29) is 6.10 Å². The molecule has 1 atom stereocenters. The van der Waals surface area contributed by atoms with E-state index in [9.17, 15) is 5.26 Å². The maximum absolute atomic E-state index is 9.32. The van der Waals surface area contributed by atoms with Gasteiger partial charge in [-0.2, -0.15) is 5.26 Å². The molecule has 0 spiro atoms. The summed E-state index contributed by atoms with van der Waals surface area (Å²) in [5, 5.41) is 9.92. The summed E-state index contributed by atoms with van der Waals surface area (Å²) < 4.78 is 6.93. The predicted octanol–water partition coefficient (Wildman–Crippen LogP) is 4.55. The van der Waals surface area contributed by atoms with E-state index in [1.165, 1.54) is 0 Å². The molecule has 1 aliphatic heterocycles. The van der Waals surface area contributed by atoms with Crippen LogP contribution in [-0.2, 0) is 4.74 Å². The first-order chi connectivity index (χ1) is 10.7. The van der Waals surface area contributed by atoms with Crippen LogP contribution >= 0.6 is 27.5 Å². The summed E-state index contributed by atoms with van der Waals surface area (Å²) in [5.41, 5.74) is 2.53. The third kappa shape index (κ3) is 3.12. The second-order valence-corrected chi connectivity index (χ2v) is 6.43. The highest BCUT2D eigenvalue weighted by Crippen LogP contribution is 2.33. The smallest absolute Gasteiger partial charge is 0.101 e. The molecule has 0 N–H and O–H groups in total. The van der Waals surface area contributed by atoms with E-state index < -0.39 is 0 Å². The Morgan fingerprint density at radius 2 is 2.00 bits per heavy atom. The third-order valence-electron chi connectivity index (χ3n) is 3.73. The monoisotopic (exact) mass is 376 g/mol. The summed E-state index contributed by atoms with van der Waals surface area (Å²) in [7, 11) is 0. The fraction of sp³-hybridized carbons (Fsp3) is 0.235. The molecule has 2 aromatic rings. The summed E-state index contributed by atoms with van der Waals surface area (Å²) >= 11 is 9.76. The van der Waals surface area contributed by atoms with Crippen LogP contribution in [0.15, 0.2) is 46.9 Å². The Balaban J connectivity index is 1.88. The molecule has 3 nitrogen and oxygen atoms in total. The van der Waals surface area contributed by atoms with Crippen molar-refractivity contribution >= 4 is 33.2 Å². The van der Waals surface area contributed by atoms with Crippen molar-refractivity contribution < 1.29 is 4.74 Å². The maximum Gasteiger partial charge on any atom is 0.101 e. The van der Waals surface area contributed by atoms with Crippen molar-refractivity contribution in [2.45, 2.75) is 6.10 Å². The lowest BCUT2D eigenvalue weighted by molar-refractivity contribution is 0.0398. The Morgan fingerprint density at radius 3 is 2.73 bits per heavy atom. The zero-order valence-electron chi connectivity index (χ0n) is 11.8. The number of halogens is 2. The number of rotatable bonds is 2. The van der Waals surface area contributed by atoms with Crippen molar-refractivity contribution in [1.29, 1.82) is 5.26 Å². The van der Waals surface area contributed by atoms with Gasteiger partial charge in [-0.25, -0.2) is 0 Å². The molecule has 5 heteroatoms. The van der Waals surface area contributed by atoms with E-state index in [0.29, 0.717) is 23.7 Å². The molecule has 0 amide bonds. The van der Waals surface area contributed by atoms with Gasteiger partial charge in [-0.1, -0.05) is 45.7 Å². The Bertz CT molecular complexity index is 712. The molecule has 0 bridgehead atoms. The Hall–Kier alpha value is -1.54. The van der Waals surface area contributed by atoms with E-state index in [2.05, 4.69) is 39.0 Å². The van der Waals surface area contributed by atoms with Crippen LogP contribution in [0.4, 0.5) is 5.69 Å². The van der Waals surface area contributed by atoms with Gasteiger partial charge in [0, 0.05) is 17.6 Å². The van der Waals surface area contributed by atoms with Gasteiger partial charge in [0.05, 0.1) is 22.9 Å². The van der Waals surface area contributed by atoms with Gasteiger partial charge < -0.3 is 9.64 Å². The van der Waals surface area contributed by atoms with Crippen molar-refractivity contribution in [2.75, 3.05) is 24.6 Å². The van der Waals surface area contributed by atoms with E-state index in [0.717, 1.165) is 22.3 Å². The molecule has 3 rings (SSSR count). The quantitative estimate of drug-likeness (QED) is 0.770. The van der Waals surface area contributed by atoms with Gasteiger partial charge in [0.1, 0.15) is 12.2 Å². The van der Waals surface area contributed by atoms with E-state index >= 15 is 0 Å². The Morgan fingerprint density at radius 1 is 1.23 bits per heavy atom.